The molecule has 0 aliphatic rings. The zero-order valence-corrected chi connectivity index (χ0v) is 9.88. The molecular formula is C11H19N3O2. The van der Waals surface area contributed by atoms with Crippen LogP contribution in [0.3, 0.4) is 0 Å². The zero-order valence-electron chi connectivity index (χ0n) is 9.88. The highest BCUT2D eigenvalue weighted by Crippen LogP contribution is 2.06. The number of hydrogen-bond donors (Lipinski definition) is 2. The molecule has 16 heavy (non-hydrogen) atoms. The van der Waals surface area contributed by atoms with Gasteiger partial charge in [0.15, 0.2) is 5.82 Å². The molecule has 0 aliphatic carbocycles. The van der Waals surface area contributed by atoms with Gasteiger partial charge in [-0.25, -0.2) is 0 Å². The van der Waals surface area contributed by atoms with Gasteiger partial charge >= 0.3 is 0 Å². The Hall–Kier alpha value is -1.36. The molecule has 0 spiro atoms. The van der Waals surface area contributed by atoms with Crippen molar-refractivity contribution in [2.45, 2.75) is 33.1 Å². The van der Waals surface area contributed by atoms with Gasteiger partial charge in [0.05, 0.1) is 0 Å². The molecule has 0 unspecified atom stereocenters. The maximum atomic E-state index is 11.4. The average Bonchev–Trinajstić information content (AvgIpc) is 2.63. The third-order valence-electron chi connectivity index (χ3n) is 2.13. The van der Waals surface area contributed by atoms with Crippen molar-refractivity contribution in [1.29, 1.82) is 0 Å². The van der Waals surface area contributed by atoms with Crippen molar-refractivity contribution in [3.8, 4) is 0 Å². The Morgan fingerprint density at radius 1 is 1.50 bits per heavy atom. The fourth-order valence-electron chi connectivity index (χ4n) is 1.26. The molecule has 0 saturated carbocycles. The van der Waals surface area contributed by atoms with Crippen molar-refractivity contribution in [3.63, 3.8) is 0 Å². The molecule has 0 aliphatic heterocycles. The van der Waals surface area contributed by atoms with Gasteiger partial charge in [0.25, 0.3) is 0 Å². The molecule has 0 fully saturated rings. The van der Waals surface area contributed by atoms with Crippen LogP contribution >= 0.6 is 0 Å². The van der Waals surface area contributed by atoms with E-state index in [4.69, 9.17) is 4.52 Å². The van der Waals surface area contributed by atoms with Gasteiger partial charge < -0.3 is 15.2 Å². The van der Waals surface area contributed by atoms with E-state index in [0.717, 1.165) is 19.4 Å². The van der Waals surface area contributed by atoms with E-state index in [9.17, 15) is 4.79 Å². The molecule has 0 aromatic carbocycles. The summed E-state index contributed by atoms with van der Waals surface area (Å²) in [5, 5.41) is 9.56. The van der Waals surface area contributed by atoms with Crippen LogP contribution < -0.4 is 10.6 Å². The molecule has 5 nitrogen and oxygen atoms in total. The van der Waals surface area contributed by atoms with Crippen LogP contribution in [0.4, 0.5) is 5.82 Å². The summed E-state index contributed by atoms with van der Waals surface area (Å²) >= 11 is 0. The SMILES string of the molecule is CCCCNCCC(=O)Nc1cc(C)on1. The summed E-state index contributed by atoms with van der Waals surface area (Å²) in [7, 11) is 0. The van der Waals surface area contributed by atoms with Gasteiger partial charge in [-0.15, -0.1) is 0 Å². The van der Waals surface area contributed by atoms with Gasteiger partial charge in [-0.3, -0.25) is 4.79 Å². The van der Waals surface area contributed by atoms with Crippen LogP contribution in [0.2, 0.25) is 0 Å². The first kappa shape index (κ1) is 12.7. The molecule has 1 amide bonds. The summed E-state index contributed by atoms with van der Waals surface area (Å²) < 4.78 is 4.84. The van der Waals surface area contributed by atoms with Crippen molar-refractivity contribution in [2.75, 3.05) is 18.4 Å². The van der Waals surface area contributed by atoms with Crippen molar-refractivity contribution in [1.82, 2.24) is 10.5 Å². The Kier molecular flexibility index (Phi) is 5.56. The maximum Gasteiger partial charge on any atom is 0.226 e. The first-order chi connectivity index (χ1) is 7.72. The monoisotopic (exact) mass is 225 g/mol. The fourth-order valence-corrected chi connectivity index (χ4v) is 1.26. The van der Waals surface area contributed by atoms with E-state index in [-0.39, 0.29) is 5.91 Å². The average molecular weight is 225 g/mol. The standard InChI is InChI=1S/C11H19N3O2/c1-3-4-6-12-7-5-11(15)13-10-8-9(2)16-14-10/h8,12H,3-7H2,1-2H3,(H,13,14,15). The number of hydrogen-bond acceptors (Lipinski definition) is 4. The van der Waals surface area contributed by atoms with E-state index in [1.54, 1.807) is 13.0 Å². The Labute approximate surface area is 95.6 Å². The molecule has 1 heterocycles. The van der Waals surface area contributed by atoms with Crippen LogP contribution in [0.5, 0.6) is 0 Å². The third kappa shape index (κ3) is 4.93. The summed E-state index contributed by atoms with van der Waals surface area (Å²) in [6, 6.07) is 1.70. The number of aryl methyl sites for hydroxylation is 1. The summed E-state index contributed by atoms with van der Waals surface area (Å²) in [6.07, 6.45) is 2.76. The van der Waals surface area contributed by atoms with Crippen molar-refractivity contribution < 1.29 is 9.32 Å². The van der Waals surface area contributed by atoms with Crippen LogP contribution in [0, 0.1) is 6.92 Å². The minimum atomic E-state index is -0.0442. The third-order valence-corrected chi connectivity index (χ3v) is 2.13. The van der Waals surface area contributed by atoms with Crippen LogP contribution in [0.1, 0.15) is 31.9 Å². The Morgan fingerprint density at radius 3 is 2.94 bits per heavy atom. The molecule has 0 bridgehead atoms. The summed E-state index contributed by atoms with van der Waals surface area (Å²) in [4.78, 5) is 11.4. The quantitative estimate of drug-likeness (QED) is 0.693. The summed E-state index contributed by atoms with van der Waals surface area (Å²) in [6.45, 7) is 5.59. The number of nitrogens with one attached hydrogen (secondary N) is 2. The van der Waals surface area contributed by atoms with Gasteiger partial charge in [-0.1, -0.05) is 18.5 Å². The summed E-state index contributed by atoms with van der Waals surface area (Å²) in [5.74, 6) is 1.13. The largest absolute Gasteiger partial charge is 0.360 e. The van der Waals surface area contributed by atoms with E-state index in [1.807, 2.05) is 0 Å². The van der Waals surface area contributed by atoms with Gasteiger partial charge in [-0.05, 0) is 19.9 Å². The Bertz CT molecular complexity index is 323. The number of carbonyl (C=O) groups excluding carboxylic acids is 1. The van der Waals surface area contributed by atoms with Crippen LogP contribution in [-0.2, 0) is 4.79 Å². The van der Waals surface area contributed by atoms with Crippen molar-refractivity contribution in [3.05, 3.63) is 11.8 Å². The lowest BCUT2D eigenvalue weighted by atomic mass is 10.3. The van der Waals surface area contributed by atoms with Gasteiger partial charge in [-0.2, -0.15) is 0 Å². The molecule has 1 rings (SSSR count). The molecule has 1 aromatic heterocycles. The van der Waals surface area contributed by atoms with E-state index in [2.05, 4.69) is 22.7 Å². The highest BCUT2D eigenvalue weighted by Gasteiger charge is 2.05. The van der Waals surface area contributed by atoms with Crippen LogP contribution in [-0.4, -0.2) is 24.2 Å². The van der Waals surface area contributed by atoms with Crippen molar-refractivity contribution in [2.24, 2.45) is 0 Å². The highest BCUT2D eigenvalue weighted by atomic mass is 16.5. The Morgan fingerprint density at radius 2 is 2.31 bits per heavy atom. The van der Waals surface area contributed by atoms with E-state index >= 15 is 0 Å². The van der Waals surface area contributed by atoms with E-state index in [0.29, 0.717) is 24.5 Å². The lowest BCUT2D eigenvalue weighted by molar-refractivity contribution is -0.116. The predicted octanol–water partition coefficient (Wildman–Crippen LogP) is 1.70. The van der Waals surface area contributed by atoms with Gasteiger partial charge in [0.1, 0.15) is 5.76 Å². The number of amides is 1. The highest BCUT2D eigenvalue weighted by molar-refractivity contribution is 5.89. The minimum absolute atomic E-state index is 0.0442. The molecule has 0 radical (unpaired) electrons. The Balaban J connectivity index is 2.11. The minimum Gasteiger partial charge on any atom is -0.360 e. The maximum absolute atomic E-state index is 11.4. The molecule has 1 aromatic rings. The second kappa shape index (κ2) is 7.00. The smallest absolute Gasteiger partial charge is 0.226 e. The predicted molar refractivity (Wildman–Crippen MR) is 62.3 cm³/mol. The number of rotatable bonds is 7. The topological polar surface area (TPSA) is 67.2 Å². The second-order valence-corrected chi connectivity index (χ2v) is 3.72. The fraction of sp³-hybridized carbons (Fsp3) is 0.636. The lowest BCUT2D eigenvalue weighted by Gasteiger charge is -2.03. The summed E-state index contributed by atoms with van der Waals surface area (Å²) in [5.41, 5.74) is 0. The lowest BCUT2D eigenvalue weighted by Crippen LogP contribution is -2.22. The number of unbranched alkanes of at least 4 members (excludes halogenated alkanes) is 1. The normalized spacial score (nSPS) is 10.4. The number of anilines is 1. The molecule has 90 valence electrons. The van der Waals surface area contributed by atoms with Crippen LogP contribution in [0.25, 0.3) is 0 Å². The second-order valence-electron chi connectivity index (χ2n) is 3.72. The molecule has 0 saturated heterocycles. The first-order valence-electron chi connectivity index (χ1n) is 5.66. The molecular weight excluding hydrogens is 206 g/mol. The van der Waals surface area contributed by atoms with Gasteiger partial charge in [0, 0.05) is 19.0 Å². The molecule has 5 heteroatoms. The van der Waals surface area contributed by atoms with E-state index < -0.39 is 0 Å². The number of nitrogens with zero attached hydrogens (tertiary/aromatic N) is 1. The van der Waals surface area contributed by atoms with Crippen molar-refractivity contribution >= 4 is 11.7 Å². The molecule has 0 atom stereocenters. The van der Waals surface area contributed by atoms with Crippen LogP contribution in [0.15, 0.2) is 10.6 Å². The molecule has 2 N–H and O–H groups in total. The van der Waals surface area contributed by atoms with Gasteiger partial charge in [0.2, 0.25) is 5.91 Å². The first-order valence-corrected chi connectivity index (χ1v) is 5.66. The van der Waals surface area contributed by atoms with E-state index in [1.165, 1.54) is 0 Å². The number of aromatic nitrogens is 1. The number of carbonyl (C=O) groups is 1. The zero-order chi connectivity index (χ0) is 11.8.